The van der Waals surface area contributed by atoms with Gasteiger partial charge < -0.3 is 0 Å². The molecule has 3 heteroatoms. The second kappa shape index (κ2) is 12.7. The van der Waals surface area contributed by atoms with Crippen molar-refractivity contribution >= 4 is 21.5 Å². The van der Waals surface area contributed by atoms with E-state index in [1.165, 1.54) is 43.8 Å². The molecular weight excluding hydrogens is 607 g/mol. The Labute approximate surface area is 291 Å². The molecule has 1 aromatic heterocycles. The van der Waals surface area contributed by atoms with Crippen LogP contribution < -0.4 is 0 Å². The molecule has 0 aliphatic carbocycles. The van der Waals surface area contributed by atoms with E-state index in [0.717, 1.165) is 27.8 Å². The number of benzene rings is 8. The van der Waals surface area contributed by atoms with Gasteiger partial charge in [0.15, 0.2) is 17.5 Å². The summed E-state index contributed by atoms with van der Waals surface area (Å²) in [5, 5.41) is 4.89. The van der Waals surface area contributed by atoms with Crippen LogP contribution in [0.5, 0.6) is 0 Å². The van der Waals surface area contributed by atoms with Gasteiger partial charge in [0.1, 0.15) is 0 Å². The average Bonchev–Trinajstić information content (AvgIpc) is 3.20. The van der Waals surface area contributed by atoms with Gasteiger partial charge in [0.2, 0.25) is 0 Å². The zero-order valence-corrected chi connectivity index (χ0v) is 27.2. The molecule has 0 atom stereocenters. The summed E-state index contributed by atoms with van der Waals surface area (Å²) >= 11 is 0. The largest absolute Gasteiger partial charge is 0.208 e. The van der Waals surface area contributed by atoms with Crippen molar-refractivity contribution in [1.29, 1.82) is 0 Å². The summed E-state index contributed by atoms with van der Waals surface area (Å²) in [6.45, 7) is 0. The van der Waals surface area contributed by atoms with Gasteiger partial charge in [-0.3, -0.25) is 0 Å². The zero-order chi connectivity index (χ0) is 33.3. The van der Waals surface area contributed by atoms with Crippen molar-refractivity contribution in [2.75, 3.05) is 0 Å². The lowest BCUT2D eigenvalue weighted by Crippen LogP contribution is -2.00. The number of nitrogens with zero attached hydrogens (tertiary/aromatic N) is 3. The number of hydrogen-bond donors (Lipinski definition) is 0. The fourth-order valence-electron chi connectivity index (χ4n) is 6.81. The van der Waals surface area contributed by atoms with Crippen LogP contribution in [0.4, 0.5) is 0 Å². The maximum atomic E-state index is 5.02. The van der Waals surface area contributed by atoms with Gasteiger partial charge in [-0.15, -0.1) is 0 Å². The zero-order valence-electron chi connectivity index (χ0n) is 27.2. The Morgan fingerprint density at radius 3 is 1.22 bits per heavy atom. The van der Waals surface area contributed by atoms with Gasteiger partial charge in [-0.25, -0.2) is 15.0 Å². The van der Waals surface area contributed by atoms with E-state index in [-0.39, 0.29) is 0 Å². The highest BCUT2D eigenvalue weighted by Crippen LogP contribution is 2.42. The van der Waals surface area contributed by atoms with Crippen molar-refractivity contribution in [1.82, 2.24) is 15.0 Å². The van der Waals surface area contributed by atoms with Crippen LogP contribution in [0.3, 0.4) is 0 Å². The molecule has 234 valence electrons. The molecule has 1 heterocycles. The fraction of sp³-hybridized carbons (Fsp3) is 0. The van der Waals surface area contributed by atoms with E-state index < -0.39 is 0 Å². The molecule has 0 saturated carbocycles. The molecule has 3 nitrogen and oxygen atoms in total. The molecule has 9 aromatic rings. The maximum Gasteiger partial charge on any atom is 0.164 e. The lowest BCUT2D eigenvalue weighted by molar-refractivity contribution is 1.07. The summed E-state index contributed by atoms with van der Waals surface area (Å²) in [5.74, 6) is 1.93. The smallest absolute Gasteiger partial charge is 0.164 e. The molecule has 8 aromatic carbocycles. The Hall–Kier alpha value is -6.71. The third-order valence-electron chi connectivity index (χ3n) is 9.29. The number of hydrogen-bond acceptors (Lipinski definition) is 3. The molecule has 0 aliphatic heterocycles. The van der Waals surface area contributed by atoms with E-state index in [0.29, 0.717) is 17.5 Å². The highest BCUT2D eigenvalue weighted by Gasteiger charge is 2.17. The molecule has 0 radical (unpaired) electrons. The van der Waals surface area contributed by atoms with Gasteiger partial charge >= 0.3 is 0 Å². The summed E-state index contributed by atoms with van der Waals surface area (Å²) in [4.78, 5) is 14.9. The highest BCUT2D eigenvalue weighted by molar-refractivity contribution is 6.00. The monoisotopic (exact) mass is 637 g/mol. The van der Waals surface area contributed by atoms with E-state index >= 15 is 0 Å². The lowest BCUT2D eigenvalue weighted by Gasteiger charge is -2.18. The first kappa shape index (κ1) is 29.4. The lowest BCUT2D eigenvalue weighted by atomic mass is 9.86. The molecule has 0 amide bonds. The van der Waals surface area contributed by atoms with Gasteiger partial charge in [-0.2, -0.15) is 0 Å². The molecule has 0 bridgehead atoms. The topological polar surface area (TPSA) is 38.7 Å². The standard InChI is InChI=1S/C47H31N3/c1-3-15-34(16-4-1)45-48-46(35-17-5-2-6-18-35)50-47(49-45)41-22-11-21-38(31-41)42-23-12-24-43(39-27-25-32-13-7-9-19-36(32)29-39)44(42)40-28-26-33-14-8-10-20-37(33)30-40/h1-31H. The van der Waals surface area contributed by atoms with E-state index in [2.05, 4.69) is 127 Å². The van der Waals surface area contributed by atoms with E-state index in [4.69, 9.17) is 15.0 Å². The SMILES string of the molecule is c1ccc(-c2nc(-c3ccccc3)nc(-c3cccc(-c4cccc(-c5ccc6ccccc6c5)c4-c4ccc5ccccc5c4)c3)n2)cc1. The first-order chi connectivity index (χ1) is 24.8. The van der Waals surface area contributed by atoms with Crippen LogP contribution >= 0.6 is 0 Å². The summed E-state index contributed by atoms with van der Waals surface area (Å²) in [5.41, 5.74) is 9.80. The van der Waals surface area contributed by atoms with Gasteiger partial charge in [-0.1, -0.05) is 170 Å². The minimum atomic E-state index is 0.637. The molecule has 0 saturated heterocycles. The van der Waals surface area contributed by atoms with Gasteiger partial charge in [0.05, 0.1) is 0 Å². The van der Waals surface area contributed by atoms with Gasteiger partial charge in [0.25, 0.3) is 0 Å². The summed E-state index contributed by atoms with van der Waals surface area (Å²) in [6.07, 6.45) is 0. The van der Waals surface area contributed by atoms with Crippen molar-refractivity contribution in [3.05, 3.63) is 188 Å². The van der Waals surface area contributed by atoms with E-state index in [9.17, 15) is 0 Å². The number of fused-ring (bicyclic) bond motifs is 2. The quantitative estimate of drug-likeness (QED) is 0.182. The summed E-state index contributed by atoms with van der Waals surface area (Å²) in [7, 11) is 0. The van der Waals surface area contributed by atoms with Crippen LogP contribution in [0.15, 0.2) is 188 Å². The van der Waals surface area contributed by atoms with Crippen molar-refractivity contribution in [2.24, 2.45) is 0 Å². The Morgan fingerprint density at radius 1 is 0.240 bits per heavy atom. The fourth-order valence-corrected chi connectivity index (χ4v) is 6.81. The number of aromatic nitrogens is 3. The molecule has 0 spiro atoms. The van der Waals surface area contributed by atoms with Crippen LogP contribution in [0, 0.1) is 0 Å². The second-order valence-electron chi connectivity index (χ2n) is 12.5. The maximum absolute atomic E-state index is 5.02. The molecule has 0 N–H and O–H groups in total. The molecule has 0 unspecified atom stereocenters. The van der Waals surface area contributed by atoms with E-state index in [1.54, 1.807) is 0 Å². The van der Waals surface area contributed by atoms with Crippen molar-refractivity contribution in [2.45, 2.75) is 0 Å². The molecule has 0 fully saturated rings. The summed E-state index contributed by atoms with van der Waals surface area (Å²) < 4.78 is 0. The third-order valence-corrected chi connectivity index (χ3v) is 9.29. The minimum Gasteiger partial charge on any atom is -0.208 e. The van der Waals surface area contributed by atoms with Gasteiger partial charge in [0, 0.05) is 16.7 Å². The van der Waals surface area contributed by atoms with Crippen LogP contribution in [0.2, 0.25) is 0 Å². The average molecular weight is 638 g/mol. The minimum absolute atomic E-state index is 0.637. The van der Waals surface area contributed by atoms with Crippen LogP contribution in [0.1, 0.15) is 0 Å². The van der Waals surface area contributed by atoms with Crippen molar-refractivity contribution in [3.63, 3.8) is 0 Å². The van der Waals surface area contributed by atoms with Crippen molar-refractivity contribution < 1.29 is 0 Å². The number of rotatable bonds is 6. The summed E-state index contributed by atoms with van der Waals surface area (Å²) in [6, 6.07) is 66.1. The molecule has 50 heavy (non-hydrogen) atoms. The third kappa shape index (κ3) is 5.61. The normalized spacial score (nSPS) is 11.2. The Morgan fingerprint density at radius 2 is 0.640 bits per heavy atom. The first-order valence-corrected chi connectivity index (χ1v) is 16.9. The Bertz CT molecular complexity index is 2590. The van der Waals surface area contributed by atoms with Crippen molar-refractivity contribution in [3.8, 4) is 67.5 Å². The molecule has 0 aliphatic rings. The molecule has 9 rings (SSSR count). The second-order valence-corrected chi connectivity index (χ2v) is 12.5. The highest BCUT2D eigenvalue weighted by atomic mass is 15.0. The predicted molar refractivity (Wildman–Crippen MR) is 207 cm³/mol. The van der Waals surface area contributed by atoms with Crippen LogP contribution in [0.25, 0.3) is 89.1 Å². The predicted octanol–water partition coefficient (Wildman–Crippen LogP) is 12.2. The van der Waals surface area contributed by atoms with E-state index in [1.807, 2.05) is 60.7 Å². The van der Waals surface area contributed by atoms with Crippen LogP contribution in [-0.4, -0.2) is 15.0 Å². The first-order valence-electron chi connectivity index (χ1n) is 16.9. The van der Waals surface area contributed by atoms with Gasteiger partial charge in [-0.05, 0) is 73.1 Å². The Kier molecular flexibility index (Phi) is 7.49. The Balaban J connectivity index is 1.24. The molecular formula is C47H31N3. The van der Waals surface area contributed by atoms with Crippen LogP contribution in [-0.2, 0) is 0 Å².